The summed E-state index contributed by atoms with van der Waals surface area (Å²) in [4.78, 5) is 0. The van der Waals surface area contributed by atoms with Crippen LogP contribution in [-0.4, -0.2) is 26.5 Å². The molecular formula is C16H21NO2S. The van der Waals surface area contributed by atoms with Gasteiger partial charge in [0, 0.05) is 18.1 Å². The molecular weight excluding hydrogens is 270 g/mol. The first-order chi connectivity index (χ1) is 9.44. The molecule has 1 atom stereocenters. The van der Waals surface area contributed by atoms with E-state index in [-0.39, 0.29) is 11.8 Å². The first-order valence-electron chi connectivity index (χ1n) is 6.85. The van der Waals surface area contributed by atoms with Gasteiger partial charge in [-0.25, -0.2) is 8.42 Å². The van der Waals surface area contributed by atoms with Gasteiger partial charge in [0.15, 0.2) is 0 Å². The second-order valence-corrected chi connectivity index (χ2v) is 7.68. The summed E-state index contributed by atoms with van der Waals surface area (Å²) < 4.78 is 22.2. The lowest BCUT2D eigenvalue weighted by molar-refractivity contribution is 0.578. The van der Waals surface area contributed by atoms with Crippen LogP contribution < -0.4 is 5.73 Å². The molecule has 2 aromatic rings. The minimum absolute atomic E-state index is 0.0120. The van der Waals surface area contributed by atoms with Gasteiger partial charge in [0.2, 0.25) is 0 Å². The highest BCUT2D eigenvalue weighted by molar-refractivity contribution is 7.90. The third kappa shape index (κ3) is 4.62. The summed E-state index contributed by atoms with van der Waals surface area (Å²) in [6.07, 6.45) is 3.42. The Labute approximate surface area is 120 Å². The van der Waals surface area contributed by atoms with Gasteiger partial charge in [-0.1, -0.05) is 42.5 Å². The monoisotopic (exact) mass is 291 g/mol. The Morgan fingerprint density at radius 3 is 2.50 bits per heavy atom. The Morgan fingerprint density at radius 2 is 1.80 bits per heavy atom. The van der Waals surface area contributed by atoms with Gasteiger partial charge < -0.3 is 5.73 Å². The lowest BCUT2D eigenvalue weighted by Crippen LogP contribution is -2.23. The molecule has 0 heterocycles. The zero-order valence-corrected chi connectivity index (χ0v) is 12.6. The van der Waals surface area contributed by atoms with E-state index >= 15 is 0 Å². The Morgan fingerprint density at radius 1 is 1.10 bits per heavy atom. The quantitative estimate of drug-likeness (QED) is 0.889. The average molecular weight is 291 g/mol. The number of fused-ring (bicyclic) bond motifs is 1. The maximum absolute atomic E-state index is 11.1. The van der Waals surface area contributed by atoms with Crippen molar-refractivity contribution in [1.82, 2.24) is 0 Å². The molecule has 0 aliphatic heterocycles. The van der Waals surface area contributed by atoms with Crippen molar-refractivity contribution < 1.29 is 8.42 Å². The minimum atomic E-state index is -2.88. The van der Waals surface area contributed by atoms with Gasteiger partial charge in [-0.2, -0.15) is 0 Å². The van der Waals surface area contributed by atoms with Gasteiger partial charge in [0.1, 0.15) is 9.84 Å². The van der Waals surface area contributed by atoms with Crippen molar-refractivity contribution in [3.63, 3.8) is 0 Å². The molecule has 1 unspecified atom stereocenters. The Hall–Kier alpha value is -1.39. The van der Waals surface area contributed by atoms with Crippen molar-refractivity contribution in [3.8, 4) is 0 Å². The fourth-order valence-corrected chi connectivity index (χ4v) is 3.07. The molecule has 0 aliphatic rings. The van der Waals surface area contributed by atoms with E-state index < -0.39 is 9.84 Å². The van der Waals surface area contributed by atoms with Gasteiger partial charge in [0.25, 0.3) is 0 Å². The first kappa shape index (κ1) is 15.0. The van der Waals surface area contributed by atoms with E-state index in [9.17, 15) is 8.42 Å². The smallest absolute Gasteiger partial charge is 0.147 e. The molecule has 0 aromatic heterocycles. The van der Waals surface area contributed by atoms with Gasteiger partial charge in [-0.3, -0.25) is 0 Å². The van der Waals surface area contributed by atoms with Crippen molar-refractivity contribution >= 4 is 20.6 Å². The predicted molar refractivity (Wildman–Crippen MR) is 84.6 cm³/mol. The van der Waals surface area contributed by atoms with E-state index in [0.717, 1.165) is 12.8 Å². The molecule has 2 aromatic carbocycles. The van der Waals surface area contributed by atoms with Crippen LogP contribution in [0.4, 0.5) is 0 Å². The van der Waals surface area contributed by atoms with Crippen LogP contribution in [0.3, 0.4) is 0 Å². The number of hydrogen-bond donors (Lipinski definition) is 1. The molecule has 2 rings (SSSR count). The number of benzene rings is 2. The summed E-state index contributed by atoms with van der Waals surface area (Å²) in [5.41, 5.74) is 7.29. The molecule has 0 aliphatic carbocycles. The summed E-state index contributed by atoms with van der Waals surface area (Å²) in [5.74, 6) is 0.221. The molecule has 0 radical (unpaired) electrons. The van der Waals surface area contributed by atoms with E-state index in [1.165, 1.54) is 22.6 Å². The van der Waals surface area contributed by atoms with Crippen LogP contribution >= 0.6 is 0 Å². The number of rotatable bonds is 6. The summed E-state index contributed by atoms with van der Waals surface area (Å²) in [6, 6.07) is 14.6. The zero-order chi connectivity index (χ0) is 14.6. The van der Waals surface area contributed by atoms with Crippen LogP contribution in [0.25, 0.3) is 10.8 Å². The van der Waals surface area contributed by atoms with Crippen LogP contribution in [0.1, 0.15) is 18.4 Å². The number of nitrogens with two attached hydrogens (primary N) is 1. The topological polar surface area (TPSA) is 60.2 Å². The molecule has 0 spiro atoms. The predicted octanol–water partition coefficient (Wildman–Crippen LogP) is 2.53. The lowest BCUT2D eigenvalue weighted by Gasteiger charge is -2.12. The van der Waals surface area contributed by atoms with E-state index in [1.807, 2.05) is 12.1 Å². The molecule has 20 heavy (non-hydrogen) atoms. The van der Waals surface area contributed by atoms with Crippen molar-refractivity contribution in [2.24, 2.45) is 5.73 Å². The van der Waals surface area contributed by atoms with Crippen molar-refractivity contribution in [3.05, 3.63) is 48.0 Å². The Kier molecular flexibility index (Phi) is 4.78. The van der Waals surface area contributed by atoms with Crippen LogP contribution in [-0.2, 0) is 16.3 Å². The third-order valence-electron chi connectivity index (χ3n) is 3.40. The largest absolute Gasteiger partial charge is 0.327 e. The SMILES string of the molecule is CS(=O)(=O)CCCC(N)Cc1ccc2ccccc2c1. The Bertz CT molecular complexity index is 680. The van der Waals surface area contributed by atoms with E-state index in [1.54, 1.807) is 0 Å². The normalized spacial score (nSPS) is 13.5. The van der Waals surface area contributed by atoms with E-state index in [2.05, 4.69) is 30.3 Å². The van der Waals surface area contributed by atoms with Crippen LogP contribution in [0.5, 0.6) is 0 Å². The van der Waals surface area contributed by atoms with Crippen molar-refractivity contribution in [1.29, 1.82) is 0 Å². The number of sulfone groups is 1. The Balaban J connectivity index is 1.94. The second kappa shape index (κ2) is 6.37. The molecule has 4 heteroatoms. The standard InChI is InChI=1S/C16H21NO2S/c1-20(18,19)10-4-7-16(17)12-13-8-9-14-5-2-3-6-15(14)11-13/h2-3,5-6,8-9,11,16H,4,7,10,12,17H2,1H3. The lowest BCUT2D eigenvalue weighted by atomic mass is 10.00. The van der Waals surface area contributed by atoms with Gasteiger partial charge in [-0.15, -0.1) is 0 Å². The molecule has 0 fully saturated rings. The van der Waals surface area contributed by atoms with Crippen LogP contribution in [0.15, 0.2) is 42.5 Å². The minimum Gasteiger partial charge on any atom is -0.327 e. The molecule has 0 amide bonds. The highest BCUT2D eigenvalue weighted by Crippen LogP contribution is 2.17. The van der Waals surface area contributed by atoms with Crippen LogP contribution in [0, 0.1) is 0 Å². The second-order valence-electron chi connectivity index (χ2n) is 5.42. The van der Waals surface area contributed by atoms with E-state index in [4.69, 9.17) is 5.73 Å². The average Bonchev–Trinajstić information content (AvgIpc) is 2.37. The molecule has 2 N–H and O–H groups in total. The zero-order valence-electron chi connectivity index (χ0n) is 11.7. The van der Waals surface area contributed by atoms with Crippen LogP contribution in [0.2, 0.25) is 0 Å². The summed E-state index contributed by atoms with van der Waals surface area (Å²) in [6.45, 7) is 0. The van der Waals surface area contributed by atoms with Gasteiger partial charge in [0.05, 0.1) is 0 Å². The molecule has 0 bridgehead atoms. The highest BCUT2D eigenvalue weighted by Gasteiger charge is 2.07. The molecule has 0 saturated heterocycles. The highest BCUT2D eigenvalue weighted by atomic mass is 32.2. The third-order valence-corrected chi connectivity index (χ3v) is 4.43. The molecule has 108 valence electrons. The first-order valence-corrected chi connectivity index (χ1v) is 8.91. The van der Waals surface area contributed by atoms with Crippen molar-refractivity contribution in [2.45, 2.75) is 25.3 Å². The maximum atomic E-state index is 11.1. The maximum Gasteiger partial charge on any atom is 0.147 e. The summed E-state index contributed by atoms with van der Waals surface area (Å²) in [7, 11) is -2.88. The van der Waals surface area contributed by atoms with Gasteiger partial charge >= 0.3 is 0 Å². The fourth-order valence-electron chi connectivity index (χ4n) is 2.38. The number of hydrogen-bond acceptors (Lipinski definition) is 3. The van der Waals surface area contributed by atoms with Gasteiger partial charge in [-0.05, 0) is 35.6 Å². The fraction of sp³-hybridized carbons (Fsp3) is 0.375. The molecule has 3 nitrogen and oxygen atoms in total. The summed E-state index contributed by atoms with van der Waals surface area (Å²) in [5, 5.41) is 2.44. The summed E-state index contributed by atoms with van der Waals surface area (Å²) >= 11 is 0. The molecule has 0 saturated carbocycles. The van der Waals surface area contributed by atoms with Crippen molar-refractivity contribution in [2.75, 3.05) is 12.0 Å². The van der Waals surface area contributed by atoms with E-state index in [0.29, 0.717) is 6.42 Å².